The summed E-state index contributed by atoms with van der Waals surface area (Å²) in [6.45, 7) is 0.275. The molecule has 2 aromatic rings. The lowest BCUT2D eigenvalue weighted by Gasteiger charge is -2.06. The lowest BCUT2D eigenvalue weighted by atomic mass is 10.1. The second-order valence-electron chi connectivity index (χ2n) is 4.47. The first-order valence-electron chi connectivity index (χ1n) is 6.45. The molecule has 0 unspecified atom stereocenters. The normalized spacial score (nSPS) is 10.2. The van der Waals surface area contributed by atoms with Gasteiger partial charge in [0.2, 0.25) is 0 Å². The van der Waals surface area contributed by atoms with Gasteiger partial charge in [-0.05, 0) is 36.2 Å². The number of carbonyl (C=O) groups excluding carboxylic acids is 1. The van der Waals surface area contributed by atoms with Gasteiger partial charge in [-0.25, -0.2) is 13.8 Å². The van der Waals surface area contributed by atoms with Crippen molar-refractivity contribution in [2.75, 3.05) is 18.9 Å². The summed E-state index contributed by atoms with van der Waals surface area (Å²) in [5, 5.41) is 5.56. The Balaban J connectivity index is 1.88. The third-order valence-corrected chi connectivity index (χ3v) is 2.91. The van der Waals surface area contributed by atoms with Crippen LogP contribution in [0.4, 0.5) is 14.5 Å². The number of halogens is 2. The highest BCUT2D eigenvalue weighted by molar-refractivity contribution is 5.92. The van der Waals surface area contributed by atoms with E-state index in [1.54, 1.807) is 25.4 Å². The molecule has 0 aliphatic heterocycles. The number of rotatable bonds is 5. The number of carbonyl (C=O) groups is 1. The van der Waals surface area contributed by atoms with Gasteiger partial charge in [-0.2, -0.15) is 0 Å². The van der Waals surface area contributed by atoms with Crippen LogP contribution in [0.15, 0.2) is 36.5 Å². The monoisotopic (exact) mass is 291 g/mol. The Kier molecular flexibility index (Phi) is 4.81. The molecule has 110 valence electrons. The van der Waals surface area contributed by atoms with Crippen LogP contribution >= 0.6 is 0 Å². The topological polar surface area (TPSA) is 54.0 Å². The average molecular weight is 291 g/mol. The van der Waals surface area contributed by atoms with Crippen LogP contribution in [-0.4, -0.2) is 24.5 Å². The zero-order chi connectivity index (χ0) is 15.2. The summed E-state index contributed by atoms with van der Waals surface area (Å²) >= 11 is 0. The molecule has 2 N–H and O–H groups in total. The molecule has 0 spiro atoms. The Morgan fingerprint density at radius 1 is 1.19 bits per heavy atom. The van der Waals surface area contributed by atoms with Crippen molar-refractivity contribution in [1.82, 2.24) is 10.3 Å². The first kappa shape index (κ1) is 14.9. The van der Waals surface area contributed by atoms with E-state index in [0.29, 0.717) is 17.7 Å². The van der Waals surface area contributed by atoms with Gasteiger partial charge >= 0.3 is 0 Å². The summed E-state index contributed by atoms with van der Waals surface area (Å²) in [5.74, 6) is -1.57. The van der Waals surface area contributed by atoms with Crippen LogP contribution in [-0.2, 0) is 6.42 Å². The summed E-state index contributed by atoms with van der Waals surface area (Å²) in [6, 6.07) is 6.65. The molecule has 0 bridgehead atoms. The highest BCUT2D eigenvalue weighted by Crippen LogP contribution is 2.08. The molecule has 0 saturated carbocycles. The van der Waals surface area contributed by atoms with Crippen molar-refractivity contribution in [2.24, 2.45) is 0 Å². The van der Waals surface area contributed by atoms with Crippen LogP contribution in [0.2, 0.25) is 0 Å². The van der Waals surface area contributed by atoms with Crippen molar-refractivity contribution >= 4 is 11.6 Å². The molecule has 4 nitrogen and oxygen atoms in total. The quantitative estimate of drug-likeness (QED) is 0.889. The third kappa shape index (κ3) is 4.24. The molecule has 1 aromatic heterocycles. The van der Waals surface area contributed by atoms with Gasteiger partial charge in [0, 0.05) is 19.7 Å². The standard InChI is InChI=1S/C15H15F2N3O/c1-18-13-2-3-14(20-9-13)15(21)19-5-4-10-6-11(16)8-12(17)7-10/h2-3,6-9,18H,4-5H2,1H3,(H,19,21). The van der Waals surface area contributed by atoms with Gasteiger partial charge in [-0.1, -0.05) is 0 Å². The molecular weight excluding hydrogens is 276 g/mol. The first-order chi connectivity index (χ1) is 10.1. The minimum absolute atomic E-state index is 0.275. The van der Waals surface area contributed by atoms with E-state index in [1.807, 2.05) is 0 Å². The number of nitrogens with one attached hydrogen (secondary N) is 2. The summed E-state index contributed by atoms with van der Waals surface area (Å²) in [5.41, 5.74) is 1.59. The minimum atomic E-state index is -0.624. The number of anilines is 1. The maximum atomic E-state index is 13.0. The van der Waals surface area contributed by atoms with E-state index in [2.05, 4.69) is 15.6 Å². The van der Waals surface area contributed by atoms with Crippen molar-refractivity contribution in [3.8, 4) is 0 Å². The second kappa shape index (κ2) is 6.78. The van der Waals surface area contributed by atoms with Gasteiger partial charge in [0.15, 0.2) is 0 Å². The van der Waals surface area contributed by atoms with Crippen LogP contribution < -0.4 is 10.6 Å². The van der Waals surface area contributed by atoms with E-state index >= 15 is 0 Å². The smallest absolute Gasteiger partial charge is 0.269 e. The number of benzene rings is 1. The number of aromatic nitrogens is 1. The zero-order valence-corrected chi connectivity index (χ0v) is 11.5. The first-order valence-corrected chi connectivity index (χ1v) is 6.45. The number of pyridine rings is 1. The second-order valence-corrected chi connectivity index (χ2v) is 4.47. The summed E-state index contributed by atoms with van der Waals surface area (Å²) in [7, 11) is 1.76. The molecule has 1 aromatic carbocycles. The molecule has 6 heteroatoms. The lowest BCUT2D eigenvalue weighted by molar-refractivity contribution is 0.0949. The Morgan fingerprint density at radius 2 is 1.90 bits per heavy atom. The number of hydrogen-bond acceptors (Lipinski definition) is 3. The van der Waals surface area contributed by atoms with Crippen molar-refractivity contribution in [1.29, 1.82) is 0 Å². The van der Waals surface area contributed by atoms with Crippen LogP contribution in [0.5, 0.6) is 0 Å². The van der Waals surface area contributed by atoms with Crippen LogP contribution in [0.1, 0.15) is 16.1 Å². The molecule has 0 aliphatic carbocycles. The molecule has 2 rings (SSSR count). The minimum Gasteiger partial charge on any atom is -0.387 e. The van der Waals surface area contributed by atoms with E-state index in [-0.39, 0.29) is 12.5 Å². The van der Waals surface area contributed by atoms with E-state index < -0.39 is 11.6 Å². The van der Waals surface area contributed by atoms with Gasteiger partial charge in [0.05, 0.1) is 11.9 Å². The summed E-state index contributed by atoms with van der Waals surface area (Å²) < 4.78 is 26.0. The van der Waals surface area contributed by atoms with Gasteiger partial charge < -0.3 is 10.6 Å². The Hall–Kier alpha value is -2.50. The average Bonchev–Trinajstić information content (AvgIpc) is 2.46. The fraction of sp³-hybridized carbons (Fsp3) is 0.200. The highest BCUT2D eigenvalue weighted by atomic mass is 19.1. The SMILES string of the molecule is CNc1ccc(C(=O)NCCc2cc(F)cc(F)c2)nc1. The Bertz CT molecular complexity index is 609. The fourth-order valence-electron chi connectivity index (χ4n) is 1.84. The molecule has 0 aliphatic rings. The van der Waals surface area contributed by atoms with Crippen molar-refractivity contribution < 1.29 is 13.6 Å². The number of nitrogens with zero attached hydrogens (tertiary/aromatic N) is 1. The zero-order valence-electron chi connectivity index (χ0n) is 11.5. The number of hydrogen-bond donors (Lipinski definition) is 2. The Morgan fingerprint density at radius 3 is 2.48 bits per heavy atom. The third-order valence-electron chi connectivity index (χ3n) is 2.91. The van der Waals surface area contributed by atoms with E-state index in [9.17, 15) is 13.6 Å². The molecule has 1 heterocycles. The van der Waals surface area contributed by atoms with Crippen molar-refractivity contribution in [3.05, 3.63) is 59.4 Å². The molecule has 0 atom stereocenters. The van der Waals surface area contributed by atoms with E-state index in [4.69, 9.17) is 0 Å². The van der Waals surface area contributed by atoms with Gasteiger partial charge in [-0.3, -0.25) is 4.79 Å². The van der Waals surface area contributed by atoms with Gasteiger partial charge in [-0.15, -0.1) is 0 Å². The molecule has 0 fully saturated rings. The lowest BCUT2D eigenvalue weighted by Crippen LogP contribution is -2.26. The largest absolute Gasteiger partial charge is 0.387 e. The van der Waals surface area contributed by atoms with Crippen LogP contribution in [0.25, 0.3) is 0 Å². The Labute approximate surface area is 121 Å². The number of amides is 1. The van der Waals surface area contributed by atoms with Gasteiger partial charge in [0.25, 0.3) is 5.91 Å². The predicted molar refractivity (Wildman–Crippen MR) is 76.2 cm³/mol. The molecule has 21 heavy (non-hydrogen) atoms. The summed E-state index contributed by atoms with van der Waals surface area (Å²) in [6.07, 6.45) is 1.89. The maximum Gasteiger partial charge on any atom is 0.269 e. The summed E-state index contributed by atoms with van der Waals surface area (Å²) in [4.78, 5) is 15.8. The maximum absolute atomic E-state index is 13.0. The van der Waals surface area contributed by atoms with Crippen molar-refractivity contribution in [3.63, 3.8) is 0 Å². The van der Waals surface area contributed by atoms with Crippen LogP contribution in [0, 0.1) is 11.6 Å². The van der Waals surface area contributed by atoms with E-state index in [0.717, 1.165) is 11.8 Å². The van der Waals surface area contributed by atoms with E-state index in [1.165, 1.54) is 12.1 Å². The van der Waals surface area contributed by atoms with Crippen molar-refractivity contribution in [2.45, 2.75) is 6.42 Å². The fourth-order valence-corrected chi connectivity index (χ4v) is 1.84. The molecule has 0 radical (unpaired) electrons. The van der Waals surface area contributed by atoms with Crippen LogP contribution in [0.3, 0.4) is 0 Å². The van der Waals surface area contributed by atoms with Gasteiger partial charge in [0.1, 0.15) is 17.3 Å². The molecule has 1 amide bonds. The predicted octanol–water partition coefficient (Wildman–Crippen LogP) is 2.37. The molecular formula is C15H15F2N3O. The molecule has 0 saturated heterocycles. The highest BCUT2D eigenvalue weighted by Gasteiger charge is 2.07.